The zero-order valence-electron chi connectivity index (χ0n) is 18.2. The fourth-order valence-electron chi connectivity index (χ4n) is 3.11. The molecule has 0 saturated carbocycles. The van der Waals surface area contributed by atoms with Crippen molar-refractivity contribution in [1.29, 1.82) is 0 Å². The fraction of sp³-hybridized carbons (Fsp3) is 0.174. The van der Waals surface area contributed by atoms with E-state index in [4.69, 9.17) is 32.7 Å². The van der Waals surface area contributed by atoms with Crippen LogP contribution in [0.2, 0.25) is 10.0 Å². The second-order valence-electron chi connectivity index (χ2n) is 6.97. The molecule has 0 spiro atoms. The number of carbonyl (C=O) groups excluding carboxylic acids is 2. The topological polar surface area (TPSA) is 89.6 Å². The van der Waals surface area contributed by atoms with E-state index in [0.29, 0.717) is 0 Å². The molecule has 0 unspecified atom stereocenters. The molecule has 34 heavy (non-hydrogen) atoms. The van der Waals surface area contributed by atoms with Crippen LogP contribution in [0.5, 0.6) is 11.6 Å². The number of hydrogen-bond acceptors (Lipinski definition) is 5. The number of nitrogens with zero attached hydrogens (tertiary/aromatic N) is 1. The molecular weight excluding hydrogens is 491 g/mol. The Morgan fingerprint density at radius 1 is 1.03 bits per heavy atom. The number of carbonyl (C=O) groups is 2. The SMILES string of the molecule is CNC(=O)c1ccc(NC(=O)c2cc(O[C@H](C)c3c(Cl)ccc(F)c3Cl)cnc2OC)cc1F. The Labute approximate surface area is 204 Å². The van der Waals surface area contributed by atoms with Crippen LogP contribution < -0.4 is 20.1 Å². The van der Waals surface area contributed by atoms with Crippen LogP contribution in [0.25, 0.3) is 0 Å². The summed E-state index contributed by atoms with van der Waals surface area (Å²) in [6.45, 7) is 1.60. The van der Waals surface area contributed by atoms with Crippen molar-refractivity contribution >= 4 is 40.7 Å². The lowest BCUT2D eigenvalue weighted by atomic mass is 10.1. The van der Waals surface area contributed by atoms with Crippen molar-refractivity contribution in [2.24, 2.45) is 0 Å². The number of pyridine rings is 1. The van der Waals surface area contributed by atoms with Gasteiger partial charge < -0.3 is 20.1 Å². The van der Waals surface area contributed by atoms with Crippen molar-refractivity contribution in [3.63, 3.8) is 0 Å². The van der Waals surface area contributed by atoms with E-state index in [2.05, 4.69) is 15.6 Å². The summed E-state index contributed by atoms with van der Waals surface area (Å²) in [4.78, 5) is 28.6. The van der Waals surface area contributed by atoms with Crippen LogP contribution in [0.3, 0.4) is 0 Å². The Bertz CT molecular complexity index is 1260. The minimum absolute atomic E-state index is 0.0122. The average Bonchev–Trinajstić information content (AvgIpc) is 2.81. The first-order chi connectivity index (χ1) is 16.2. The highest BCUT2D eigenvalue weighted by molar-refractivity contribution is 6.36. The monoisotopic (exact) mass is 509 g/mol. The minimum atomic E-state index is -0.808. The van der Waals surface area contributed by atoms with Gasteiger partial charge in [0, 0.05) is 23.3 Å². The maximum absolute atomic E-state index is 14.2. The summed E-state index contributed by atoms with van der Waals surface area (Å²) in [5, 5.41) is 4.87. The van der Waals surface area contributed by atoms with Gasteiger partial charge in [0.25, 0.3) is 11.8 Å². The normalized spacial score (nSPS) is 11.5. The van der Waals surface area contributed by atoms with Crippen LogP contribution in [-0.4, -0.2) is 31.0 Å². The molecule has 0 radical (unpaired) electrons. The first-order valence-corrected chi connectivity index (χ1v) is 10.6. The largest absolute Gasteiger partial charge is 0.484 e. The molecule has 2 aromatic carbocycles. The standard InChI is InChI=1S/C23H19Cl2F2N3O4/c1-11(19-16(24)6-7-17(26)20(19)25)34-13-9-15(23(33-3)29-10-13)22(32)30-12-4-5-14(18(27)8-12)21(31)28-2/h4-11H,1-3H3,(H,28,31)(H,30,32)/t11-/m1/s1. The molecule has 1 heterocycles. The number of methoxy groups -OCH3 is 1. The maximum atomic E-state index is 14.2. The number of halogens is 4. The minimum Gasteiger partial charge on any atom is -0.484 e. The van der Waals surface area contributed by atoms with Crippen molar-refractivity contribution in [2.45, 2.75) is 13.0 Å². The summed E-state index contributed by atoms with van der Waals surface area (Å²) >= 11 is 12.2. The highest BCUT2D eigenvalue weighted by Crippen LogP contribution is 2.35. The van der Waals surface area contributed by atoms with Crippen molar-refractivity contribution in [2.75, 3.05) is 19.5 Å². The Morgan fingerprint density at radius 2 is 1.76 bits per heavy atom. The molecule has 0 aliphatic rings. The van der Waals surface area contributed by atoms with E-state index in [1.165, 1.54) is 44.6 Å². The third-order valence-corrected chi connectivity index (χ3v) is 5.48. The second-order valence-corrected chi connectivity index (χ2v) is 7.76. The third-order valence-electron chi connectivity index (χ3n) is 4.76. The molecule has 0 saturated heterocycles. The van der Waals surface area contributed by atoms with Crippen molar-refractivity contribution < 1.29 is 27.8 Å². The van der Waals surface area contributed by atoms with Gasteiger partial charge in [-0.25, -0.2) is 13.8 Å². The van der Waals surface area contributed by atoms with Gasteiger partial charge in [0.1, 0.15) is 29.1 Å². The Hall–Kier alpha value is -3.43. The first kappa shape index (κ1) is 25.2. The smallest absolute Gasteiger partial charge is 0.261 e. The number of amides is 2. The number of hydrogen-bond donors (Lipinski definition) is 2. The molecule has 1 atom stereocenters. The fourth-order valence-corrected chi connectivity index (χ4v) is 3.79. The van der Waals surface area contributed by atoms with Crippen LogP contribution in [0, 0.1) is 11.6 Å². The average molecular weight is 510 g/mol. The zero-order valence-corrected chi connectivity index (χ0v) is 19.7. The van der Waals surface area contributed by atoms with Crippen molar-refractivity contribution in [3.05, 3.63) is 81.0 Å². The molecule has 2 N–H and O–H groups in total. The number of aromatic nitrogens is 1. The van der Waals surface area contributed by atoms with Crippen LogP contribution in [0.4, 0.5) is 14.5 Å². The van der Waals surface area contributed by atoms with Crippen LogP contribution in [0.15, 0.2) is 42.6 Å². The summed E-state index contributed by atoms with van der Waals surface area (Å²) in [6, 6.07) is 7.49. The van der Waals surface area contributed by atoms with Gasteiger partial charge in [-0.3, -0.25) is 9.59 Å². The molecular formula is C23H19Cl2F2N3O4. The van der Waals surface area contributed by atoms with E-state index in [1.807, 2.05) is 0 Å². The molecule has 0 aliphatic carbocycles. The van der Waals surface area contributed by atoms with Gasteiger partial charge in [-0.15, -0.1) is 0 Å². The molecule has 3 aromatic rings. The second kappa shape index (κ2) is 10.7. The number of rotatable bonds is 7. The quantitative estimate of drug-likeness (QED) is 0.414. The summed E-state index contributed by atoms with van der Waals surface area (Å²) < 4.78 is 39.0. The number of ether oxygens (including phenoxy) is 2. The Balaban J connectivity index is 1.85. The van der Waals surface area contributed by atoms with Gasteiger partial charge in [0.05, 0.1) is 23.9 Å². The van der Waals surface area contributed by atoms with Gasteiger partial charge in [-0.2, -0.15) is 0 Å². The lowest BCUT2D eigenvalue weighted by molar-refractivity contribution is 0.0958. The summed E-state index contributed by atoms with van der Waals surface area (Å²) in [6.07, 6.45) is 0.526. The van der Waals surface area contributed by atoms with Crippen molar-refractivity contribution in [1.82, 2.24) is 10.3 Å². The molecule has 178 valence electrons. The van der Waals surface area contributed by atoms with Crippen LogP contribution in [-0.2, 0) is 0 Å². The first-order valence-electron chi connectivity index (χ1n) is 9.83. The summed E-state index contributed by atoms with van der Waals surface area (Å²) in [7, 11) is 2.70. The molecule has 0 bridgehead atoms. The molecule has 3 rings (SSSR count). The van der Waals surface area contributed by atoms with E-state index in [-0.39, 0.29) is 44.1 Å². The highest BCUT2D eigenvalue weighted by Gasteiger charge is 2.21. The predicted molar refractivity (Wildman–Crippen MR) is 124 cm³/mol. The van der Waals surface area contributed by atoms with Crippen molar-refractivity contribution in [3.8, 4) is 11.6 Å². The van der Waals surface area contributed by atoms with Crippen LogP contribution in [0.1, 0.15) is 39.3 Å². The summed E-state index contributed by atoms with van der Waals surface area (Å²) in [5.74, 6) is -2.59. The molecule has 1 aromatic heterocycles. The summed E-state index contributed by atoms with van der Waals surface area (Å²) in [5.41, 5.74) is 0.158. The van der Waals surface area contributed by atoms with Gasteiger partial charge in [-0.1, -0.05) is 23.2 Å². The Morgan fingerprint density at radius 3 is 2.41 bits per heavy atom. The van der Waals surface area contributed by atoms with E-state index >= 15 is 0 Å². The Kier molecular flexibility index (Phi) is 7.90. The number of benzene rings is 2. The van der Waals surface area contributed by atoms with E-state index in [9.17, 15) is 18.4 Å². The van der Waals surface area contributed by atoms with E-state index in [1.54, 1.807) is 6.92 Å². The van der Waals surface area contributed by atoms with Gasteiger partial charge in [0.15, 0.2) is 0 Å². The molecule has 11 heteroatoms. The molecule has 0 fully saturated rings. The van der Waals surface area contributed by atoms with Crippen LogP contribution >= 0.6 is 23.2 Å². The predicted octanol–water partition coefficient (Wildman–Crippen LogP) is 5.43. The van der Waals surface area contributed by atoms with E-state index < -0.39 is 29.6 Å². The lowest BCUT2D eigenvalue weighted by Gasteiger charge is -2.19. The van der Waals surface area contributed by atoms with Gasteiger partial charge in [0.2, 0.25) is 5.88 Å². The van der Waals surface area contributed by atoms with Gasteiger partial charge in [-0.05, 0) is 43.3 Å². The van der Waals surface area contributed by atoms with E-state index in [0.717, 1.165) is 12.1 Å². The number of nitrogens with one attached hydrogen (secondary N) is 2. The molecule has 7 nitrogen and oxygen atoms in total. The third kappa shape index (κ3) is 5.37. The maximum Gasteiger partial charge on any atom is 0.261 e. The zero-order chi connectivity index (χ0) is 25.0. The molecule has 0 aliphatic heterocycles. The molecule has 2 amide bonds. The number of anilines is 1. The van der Waals surface area contributed by atoms with Gasteiger partial charge >= 0.3 is 0 Å². The highest BCUT2D eigenvalue weighted by atomic mass is 35.5. The lowest BCUT2D eigenvalue weighted by Crippen LogP contribution is -2.20.